The Hall–Kier alpha value is -0.720. The molecular formula is C44H72O18. The van der Waals surface area contributed by atoms with E-state index in [0.29, 0.717) is 54.8 Å². The highest BCUT2D eigenvalue weighted by Gasteiger charge is 2.70. The summed E-state index contributed by atoms with van der Waals surface area (Å²) in [6.07, 6.45) is -15.1. The van der Waals surface area contributed by atoms with Crippen LogP contribution in [0.4, 0.5) is 0 Å². The fourth-order valence-corrected chi connectivity index (χ4v) is 14.4. The molecule has 0 aromatic carbocycles. The van der Waals surface area contributed by atoms with Crippen LogP contribution in [0.1, 0.15) is 85.5 Å². The molecule has 9 aliphatic rings. The Morgan fingerprint density at radius 3 is 2.03 bits per heavy atom. The minimum Gasteiger partial charge on any atom is -0.394 e. The lowest BCUT2D eigenvalue weighted by atomic mass is 9.43. The first kappa shape index (κ1) is 46.4. The molecule has 18 nitrogen and oxygen atoms in total. The predicted molar refractivity (Wildman–Crippen MR) is 211 cm³/mol. The molecule has 0 bridgehead atoms. The standard InChI is InChI=1S/C44H72O18/c1-18-5-10-44(57-15-18)19(2)30-27(62-44)13-23-21-12-25(46)24-11-20(6-8-42(24,3)22(21)7-9-43(23,30)4)58-40-37(54)34(51)38(61-41-36(53)33(50)32(49)28(14-45)59-41)29(60-40)17-56-39-35(52)31(48)26(47)16-55-39/h18-41,45-54H,5-17H2,1-4H3/t18-,19+,20+,21-,22+,23+,24-,25-,26+,27+,28-,29-,30+,31+,32-,33+,34-,35-,36-,37-,38-,39+,40-,41+,42-,43+,44-/m1/s1. The van der Waals surface area contributed by atoms with Crippen molar-refractivity contribution in [2.24, 2.45) is 52.3 Å². The summed E-state index contributed by atoms with van der Waals surface area (Å²) < 4.78 is 48.8. The molecule has 5 saturated heterocycles. The van der Waals surface area contributed by atoms with Crippen LogP contribution >= 0.6 is 0 Å². The van der Waals surface area contributed by atoms with Crippen LogP contribution in [0.25, 0.3) is 0 Å². The van der Waals surface area contributed by atoms with Gasteiger partial charge in [0.1, 0.15) is 67.1 Å². The lowest BCUT2D eigenvalue weighted by Gasteiger charge is -2.62. The van der Waals surface area contributed by atoms with Gasteiger partial charge in [-0.1, -0.05) is 27.7 Å². The lowest BCUT2D eigenvalue weighted by Crippen LogP contribution is -2.65. The summed E-state index contributed by atoms with van der Waals surface area (Å²) in [7, 11) is 0. The van der Waals surface area contributed by atoms with Gasteiger partial charge in [0, 0.05) is 12.3 Å². The Labute approximate surface area is 362 Å². The van der Waals surface area contributed by atoms with Crippen LogP contribution in [0.2, 0.25) is 0 Å². The minimum absolute atomic E-state index is 0.0809. The predicted octanol–water partition coefficient (Wildman–Crippen LogP) is -1.12. The van der Waals surface area contributed by atoms with Crippen LogP contribution < -0.4 is 0 Å². The molecular weight excluding hydrogens is 816 g/mol. The average Bonchev–Trinajstić information content (AvgIpc) is 3.70. The van der Waals surface area contributed by atoms with E-state index in [9.17, 15) is 51.1 Å². The molecule has 62 heavy (non-hydrogen) atoms. The van der Waals surface area contributed by atoms with Gasteiger partial charge < -0.3 is 89.0 Å². The maximum atomic E-state index is 12.1. The maximum absolute atomic E-state index is 12.1. The van der Waals surface area contributed by atoms with Crippen molar-refractivity contribution in [2.75, 3.05) is 26.4 Å². The van der Waals surface area contributed by atoms with E-state index >= 15 is 0 Å². The number of fused-ring (bicyclic) bond motifs is 7. The van der Waals surface area contributed by atoms with Gasteiger partial charge in [0.15, 0.2) is 24.7 Å². The summed E-state index contributed by atoms with van der Waals surface area (Å²) >= 11 is 0. The molecule has 1 spiro atoms. The number of rotatable bonds is 8. The van der Waals surface area contributed by atoms with Crippen molar-refractivity contribution in [3.05, 3.63) is 0 Å². The van der Waals surface area contributed by atoms with Gasteiger partial charge in [-0.05, 0) is 97.7 Å². The molecule has 18 heteroatoms. The summed E-state index contributed by atoms with van der Waals surface area (Å²) in [6, 6.07) is 0. The summed E-state index contributed by atoms with van der Waals surface area (Å²) in [5.74, 6) is 1.93. The fraction of sp³-hybridized carbons (Fsp3) is 1.00. The topological polar surface area (TPSA) is 276 Å². The van der Waals surface area contributed by atoms with Crippen LogP contribution in [-0.2, 0) is 37.9 Å². The quantitative estimate of drug-likeness (QED) is 0.129. The van der Waals surface area contributed by atoms with Crippen LogP contribution in [0.5, 0.6) is 0 Å². The number of hydrogen-bond acceptors (Lipinski definition) is 18. The Morgan fingerprint density at radius 2 is 1.31 bits per heavy atom. The molecule has 356 valence electrons. The van der Waals surface area contributed by atoms with Crippen molar-refractivity contribution >= 4 is 0 Å². The second-order valence-corrected chi connectivity index (χ2v) is 21.2. The molecule has 10 N–H and O–H groups in total. The van der Waals surface area contributed by atoms with E-state index in [4.69, 9.17) is 37.9 Å². The van der Waals surface area contributed by atoms with E-state index in [-0.39, 0.29) is 29.5 Å². The second-order valence-electron chi connectivity index (χ2n) is 21.2. The minimum atomic E-state index is -1.83. The molecule has 0 amide bonds. The van der Waals surface area contributed by atoms with E-state index in [2.05, 4.69) is 27.7 Å². The van der Waals surface area contributed by atoms with Crippen LogP contribution in [0.3, 0.4) is 0 Å². The zero-order chi connectivity index (χ0) is 44.2. The van der Waals surface area contributed by atoms with Crippen molar-refractivity contribution in [1.82, 2.24) is 0 Å². The van der Waals surface area contributed by atoms with Crippen LogP contribution in [0.15, 0.2) is 0 Å². The van der Waals surface area contributed by atoms with Gasteiger partial charge in [-0.15, -0.1) is 0 Å². The molecule has 9 rings (SSSR count). The largest absolute Gasteiger partial charge is 0.394 e. The van der Waals surface area contributed by atoms with Gasteiger partial charge >= 0.3 is 0 Å². The third-order valence-electron chi connectivity index (χ3n) is 17.9. The molecule has 0 aromatic rings. The van der Waals surface area contributed by atoms with Crippen molar-refractivity contribution < 1.29 is 89.0 Å². The van der Waals surface area contributed by atoms with Gasteiger partial charge in [-0.25, -0.2) is 0 Å². The monoisotopic (exact) mass is 888 g/mol. The first-order chi connectivity index (χ1) is 29.4. The molecule has 4 aliphatic carbocycles. The average molecular weight is 889 g/mol. The molecule has 0 aromatic heterocycles. The highest BCUT2D eigenvalue weighted by molar-refractivity contribution is 5.16. The van der Waals surface area contributed by atoms with Crippen LogP contribution in [0, 0.1) is 52.3 Å². The van der Waals surface area contributed by atoms with Crippen molar-refractivity contribution in [3.8, 4) is 0 Å². The summed E-state index contributed by atoms with van der Waals surface area (Å²) in [6.45, 7) is 8.58. The summed E-state index contributed by atoms with van der Waals surface area (Å²) in [5.41, 5.74) is -0.0463. The molecule has 5 aliphatic heterocycles. The van der Waals surface area contributed by atoms with Crippen LogP contribution in [-0.4, -0.2) is 188 Å². The molecule has 9 fully saturated rings. The van der Waals surface area contributed by atoms with Gasteiger partial charge in [0.25, 0.3) is 0 Å². The van der Waals surface area contributed by atoms with E-state index in [1.54, 1.807) is 0 Å². The third-order valence-corrected chi connectivity index (χ3v) is 17.9. The smallest absolute Gasteiger partial charge is 0.187 e. The molecule has 0 radical (unpaired) electrons. The Morgan fingerprint density at radius 1 is 0.613 bits per heavy atom. The molecule has 4 saturated carbocycles. The van der Waals surface area contributed by atoms with Gasteiger partial charge in [0.2, 0.25) is 0 Å². The summed E-state index contributed by atoms with van der Waals surface area (Å²) in [5, 5.41) is 107. The Bertz CT molecular complexity index is 1550. The van der Waals surface area contributed by atoms with E-state index in [1.807, 2.05) is 0 Å². The maximum Gasteiger partial charge on any atom is 0.187 e. The normalized spacial score (nSPS) is 58.9. The molecule has 27 atom stereocenters. The number of hydrogen-bond donors (Lipinski definition) is 10. The van der Waals surface area contributed by atoms with E-state index < -0.39 is 117 Å². The number of aliphatic hydroxyl groups excluding tert-OH is 10. The van der Waals surface area contributed by atoms with Gasteiger partial charge in [-0.2, -0.15) is 0 Å². The molecule has 0 unspecified atom stereocenters. The fourth-order valence-electron chi connectivity index (χ4n) is 14.4. The van der Waals surface area contributed by atoms with Crippen molar-refractivity contribution in [2.45, 2.75) is 196 Å². The lowest BCUT2D eigenvalue weighted by molar-refractivity contribution is -0.370. The number of aliphatic hydroxyl groups is 10. The highest BCUT2D eigenvalue weighted by Crippen LogP contribution is 2.71. The van der Waals surface area contributed by atoms with E-state index in [0.717, 1.165) is 45.1 Å². The van der Waals surface area contributed by atoms with Gasteiger partial charge in [-0.3, -0.25) is 0 Å². The third kappa shape index (κ3) is 7.65. The van der Waals surface area contributed by atoms with Crippen molar-refractivity contribution in [1.29, 1.82) is 0 Å². The summed E-state index contributed by atoms with van der Waals surface area (Å²) in [4.78, 5) is 0. The first-order valence-corrected chi connectivity index (χ1v) is 23.3. The SMILES string of the molecule is C[C@@H]1CC[C@@]2(OC1)O[C@H]1C[C@H]3[C@@H]4C[C@@H](O)[C@H]5C[C@@H](O[C@@H]6O[C@H](CO[C@@H]7OC[C@H](O)[C@H](O)[C@H]7O)[C@@H](O[C@@H]7O[C@H](CO)[C@@H](O)[C@H](O)[C@H]7O)[C@H](O)[C@H]6O)CC[C@]5(C)[C@H]4CC[C@]3(C)[C@H]1[C@@H]2C. The zero-order valence-electron chi connectivity index (χ0n) is 36.3. The molecule has 5 heterocycles. The second kappa shape index (κ2) is 17.4. The Kier molecular flexibility index (Phi) is 13.0. The van der Waals surface area contributed by atoms with E-state index in [1.165, 1.54) is 0 Å². The first-order valence-electron chi connectivity index (χ1n) is 23.3. The van der Waals surface area contributed by atoms with Gasteiger partial charge in [0.05, 0.1) is 44.7 Å². The number of ether oxygens (including phenoxy) is 8. The zero-order valence-corrected chi connectivity index (χ0v) is 36.3. The highest BCUT2D eigenvalue weighted by atomic mass is 16.8. The van der Waals surface area contributed by atoms with Crippen molar-refractivity contribution in [3.63, 3.8) is 0 Å². The Balaban J connectivity index is 0.876.